The summed E-state index contributed by atoms with van der Waals surface area (Å²) in [6.07, 6.45) is 0. The number of amides is 1. The predicted molar refractivity (Wildman–Crippen MR) is 109 cm³/mol. The number of thioether (sulfide) groups is 1. The first-order valence-electron chi connectivity index (χ1n) is 8.21. The summed E-state index contributed by atoms with van der Waals surface area (Å²) in [4.78, 5) is 12.3. The number of rotatable bonds is 6. The van der Waals surface area contributed by atoms with E-state index in [1.807, 2.05) is 54.9 Å². The fraction of sp³-hybridized carbons (Fsp3) is 0.211. The van der Waals surface area contributed by atoms with Gasteiger partial charge in [0.2, 0.25) is 5.91 Å². The van der Waals surface area contributed by atoms with Gasteiger partial charge in [0.25, 0.3) is 0 Å². The molecule has 0 aliphatic heterocycles. The van der Waals surface area contributed by atoms with Crippen molar-refractivity contribution in [1.29, 1.82) is 0 Å². The number of halogens is 1. The van der Waals surface area contributed by atoms with Crippen LogP contribution in [0.15, 0.2) is 47.6 Å². The van der Waals surface area contributed by atoms with Gasteiger partial charge in [-0.2, -0.15) is 0 Å². The van der Waals surface area contributed by atoms with Crippen molar-refractivity contribution in [3.8, 4) is 17.1 Å². The lowest BCUT2D eigenvalue weighted by molar-refractivity contribution is -0.113. The zero-order valence-corrected chi connectivity index (χ0v) is 16.8. The highest BCUT2D eigenvalue weighted by molar-refractivity contribution is 7.99. The van der Waals surface area contributed by atoms with Crippen LogP contribution < -0.4 is 10.1 Å². The lowest BCUT2D eigenvalue weighted by Crippen LogP contribution is -2.15. The average Bonchev–Trinajstić information content (AvgIpc) is 3.04. The van der Waals surface area contributed by atoms with Crippen molar-refractivity contribution in [2.45, 2.75) is 12.1 Å². The van der Waals surface area contributed by atoms with Crippen molar-refractivity contribution in [1.82, 2.24) is 14.8 Å². The molecule has 1 N–H and O–H groups in total. The minimum Gasteiger partial charge on any atom is -0.497 e. The molecule has 6 nitrogen and oxygen atoms in total. The highest BCUT2D eigenvalue weighted by Crippen LogP contribution is 2.26. The molecule has 0 radical (unpaired) electrons. The molecule has 0 bridgehead atoms. The number of hydrogen-bond acceptors (Lipinski definition) is 5. The Morgan fingerprint density at radius 2 is 1.96 bits per heavy atom. The van der Waals surface area contributed by atoms with Crippen molar-refractivity contribution in [3.63, 3.8) is 0 Å². The van der Waals surface area contributed by atoms with Crippen LogP contribution in [0, 0.1) is 6.92 Å². The third kappa shape index (κ3) is 4.43. The Bertz CT molecular complexity index is 957. The summed E-state index contributed by atoms with van der Waals surface area (Å²) in [5.41, 5.74) is 2.49. The number of aromatic nitrogens is 3. The summed E-state index contributed by atoms with van der Waals surface area (Å²) in [5.74, 6) is 1.61. The summed E-state index contributed by atoms with van der Waals surface area (Å²) < 4.78 is 7.04. The molecular weight excluding hydrogens is 384 g/mol. The van der Waals surface area contributed by atoms with Gasteiger partial charge in [-0.15, -0.1) is 10.2 Å². The molecule has 27 heavy (non-hydrogen) atoms. The first-order valence-corrected chi connectivity index (χ1v) is 9.57. The van der Waals surface area contributed by atoms with Crippen LogP contribution in [-0.4, -0.2) is 33.5 Å². The number of carbonyl (C=O) groups is 1. The largest absolute Gasteiger partial charge is 0.497 e. The molecule has 0 saturated carbocycles. The zero-order chi connectivity index (χ0) is 19.4. The number of hydrogen-bond donors (Lipinski definition) is 1. The van der Waals surface area contributed by atoms with Crippen LogP contribution in [0.5, 0.6) is 5.75 Å². The van der Waals surface area contributed by atoms with Gasteiger partial charge in [0.05, 0.1) is 12.9 Å². The lowest BCUT2D eigenvalue weighted by atomic mass is 10.2. The van der Waals surface area contributed by atoms with Gasteiger partial charge in [0, 0.05) is 23.3 Å². The highest BCUT2D eigenvalue weighted by atomic mass is 35.5. The fourth-order valence-corrected chi connectivity index (χ4v) is 3.38. The molecule has 0 fully saturated rings. The minimum atomic E-state index is -0.126. The van der Waals surface area contributed by atoms with Crippen LogP contribution in [0.1, 0.15) is 5.56 Å². The SMILES string of the molecule is COc1ccc(-c2nnc(SCC(=O)Nc3cccc(Cl)c3C)n2C)cc1. The first kappa shape index (κ1) is 19.3. The normalized spacial score (nSPS) is 10.7. The molecule has 0 atom stereocenters. The Kier molecular flexibility index (Phi) is 6.03. The van der Waals surface area contributed by atoms with Crippen LogP contribution in [-0.2, 0) is 11.8 Å². The quantitative estimate of drug-likeness (QED) is 0.626. The second kappa shape index (κ2) is 8.45. The molecule has 0 aliphatic rings. The van der Waals surface area contributed by atoms with E-state index in [0.29, 0.717) is 15.9 Å². The molecule has 0 saturated heterocycles. The van der Waals surface area contributed by atoms with E-state index < -0.39 is 0 Å². The third-order valence-corrected chi connectivity index (χ3v) is 5.49. The van der Waals surface area contributed by atoms with E-state index in [9.17, 15) is 4.79 Å². The van der Waals surface area contributed by atoms with Crippen LogP contribution in [0.25, 0.3) is 11.4 Å². The van der Waals surface area contributed by atoms with Crippen molar-refractivity contribution in [2.24, 2.45) is 7.05 Å². The molecule has 1 amide bonds. The first-order chi connectivity index (χ1) is 13.0. The average molecular weight is 403 g/mol. The number of benzene rings is 2. The summed E-state index contributed by atoms with van der Waals surface area (Å²) in [6.45, 7) is 1.87. The van der Waals surface area contributed by atoms with Gasteiger partial charge < -0.3 is 14.6 Å². The van der Waals surface area contributed by atoms with Crippen LogP contribution in [0.2, 0.25) is 5.02 Å². The number of ether oxygens (including phenoxy) is 1. The molecule has 8 heteroatoms. The Labute approximate surface area is 166 Å². The minimum absolute atomic E-state index is 0.126. The smallest absolute Gasteiger partial charge is 0.234 e. The standard InChI is InChI=1S/C19H19ClN4O2S/c1-12-15(20)5-4-6-16(12)21-17(25)11-27-19-23-22-18(24(19)2)13-7-9-14(26-3)10-8-13/h4-10H,11H2,1-3H3,(H,21,25). The fourth-order valence-electron chi connectivity index (χ4n) is 2.49. The Balaban J connectivity index is 1.65. The molecular formula is C19H19ClN4O2S. The van der Waals surface area contributed by atoms with Crippen LogP contribution in [0.3, 0.4) is 0 Å². The Morgan fingerprint density at radius 1 is 1.22 bits per heavy atom. The van der Waals surface area contributed by atoms with Crippen molar-refractivity contribution in [3.05, 3.63) is 53.1 Å². The topological polar surface area (TPSA) is 69.0 Å². The van der Waals surface area contributed by atoms with E-state index in [-0.39, 0.29) is 11.7 Å². The maximum absolute atomic E-state index is 12.3. The van der Waals surface area contributed by atoms with Gasteiger partial charge in [-0.3, -0.25) is 4.79 Å². The van der Waals surface area contributed by atoms with E-state index in [2.05, 4.69) is 15.5 Å². The zero-order valence-electron chi connectivity index (χ0n) is 15.2. The molecule has 0 spiro atoms. The molecule has 3 rings (SSSR count). The number of nitrogens with one attached hydrogen (secondary N) is 1. The summed E-state index contributed by atoms with van der Waals surface area (Å²) in [7, 11) is 3.50. The second-order valence-corrected chi connectivity index (χ2v) is 7.19. The molecule has 2 aromatic carbocycles. The molecule has 3 aromatic rings. The Morgan fingerprint density at radius 3 is 2.67 bits per heavy atom. The van der Waals surface area contributed by atoms with Gasteiger partial charge >= 0.3 is 0 Å². The van der Waals surface area contributed by atoms with Gasteiger partial charge in [0.1, 0.15) is 5.75 Å². The summed E-state index contributed by atoms with van der Waals surface area (Å²) in [6, 6.07) is 13.0. The van der Waals surface area contributed by atoms with Gasteiger partial charge in [0.15, 0.2) is 11.0 Å². The van der Waals surface area contributed by atoms with Crippen LogP contribution >= 0.6 is 23.4 Å². The van der Waals surface area contributed by atoms with E-state index in [4.69, 9.17) is 16.3 Å². The van der Waals surface area contributed by atoms with Gasteiger partial charge in [-0.25, -0.2) is 0 Å². The Hall–Kier alpha value is -2.51. The van der Waals surface area contributed by atoms with E-state index in [0.717, 1.165) is 22.7 Å². The maximum atomic E-state index is 12.3. The molecule has 0 unspecified atom stereocenters. The number of nitrogens with zero attached hydrogens (tertiary/aromatic N) is 3. The predicted octanol–water partition coefficient (Wildman–Crippen LogP) is 4.18. The highest BCUT2D eigenvalue weighted by Gasteiger charge is 2.14. The third-order valence-electron chi connectivity index (χ3n) is 4.06. The van der Waals surface area contributed by atoms with Gasteiger partial charge in [-0.1, -0.05) is 29.4 Å². The van der Waals surface area contributed by atoms with Crippen molar-refractivity contribution < 1.29 is 9.53 Å². The monoisotopic (exact) mass is 402 g/mol. The molecule has 140 valence electrons. The summed E-state index contributed by atoms with van der Waals surface area (Å²) >= 11 is 7.41. The summed E-state index contributed by atoms with van der Waals surface area (Å²) in [5, 5.41) is 12.6. The lowest BCUT2D eigenvalue weighted by Gasteiger charge is -2.09. The number of anilines is 1. The van der Waals surface area contributed by atoms with E-state index in [1.165, 1.54) is 11.8 Å². The van der Waals surface area contributed by atoms with Gasteiger partial charge in [-0.05, 0) is 48.9 Å². The maximum Gasteiger partial charge on any atom is 0.234 e. The molecule has 0 aliphatic carbocycles. The van der Waals surface area contributed by atoms with Crippen LogP contribution in [0.4, 0.5) is 5.69 Å². The van der Waals surface area contributed by atoms with E-state index >= 15 is 0 Å². The molecule has 1 aromatic heterocycles. The van der Waals surface area contributed by atoms with E-state index in [1.54, 1.807) is 13.2 Å². The molecule has 1 heterocycles. The van der Waals surface area contributed by atoms with Crippen molar-refractivity contribution >= 4 is 35.0 Å². The van der Waals surface area contributed by atoms with Crippen molar-refractivity contribution in [2.75, 3.05) is 18.2 Å². The second-order valence-electron chi connectivity index (χ2n) is 5.84. The number of methoxy groups -OCH3 is 1. The number of carbonyl (C=O) groups excluding carboxylic acids is 1.